The van der Waals surface area contributed by atoms with Crippen molar-refractivity contribution in [2.45, 2.75) is 13.8 Å². The van der Waals surface area contributed by atoms with Gasteiger partial charge in [0.1, 0.15) is 11.3 Å². The first-order valence-corrected chi connectivity index (χ1v) is 9.54. The van der Waals surface area contributed by atoms with Crippen molar-refractivity contribution >= 4 is 28.8 Å². The fourth-order valence-electron chi connectivity index (χ4n) is 3.96. The van der Waals surface area contributed by atoms with Crippen molar-refractivity contribution in [1.82, 2.24) is 9.38 Å². The van der Waals surface area contributed by atoms with Crippen molar-refractivity contribution in [2.75, 3.05) is 5.32 Å². The summed E-state index contributed by atoms with van der Waals surface area (Å²) in [7, 11) is 0. The number of ketones is 2. The van der Waals surface area contributed by atoms with Crippen molar-refractivity contribution in [2.24, 2.45) is 0 Å². The molecule has 1 N–H and O–H groups in total. The molecule has 0 aliphatic heterocycles. The smallest absolute Gasteiger partial charge is 0.274 e. The van der Waals surface area contributed by atoms with Gasteiger partial charge in [-0.15, -0.1) is 0 Å². The molecule has 1 aliphatic carbocycles. The van der Waals surface area contributed by atoms with Gasteiger partial charge in [0.05, 0.1) is 5.69 Å². The molecule has 6 nitrogen and oxygen atoms in total. The van der Waals surface area contributed by atoms with Crippen LogP contribution in [0, 0.1) is 13.8 Å². The number of carbonyl (C=O) groups is 3. The predicted molar refractivity (Wildman–Crippen MR) is 112 cm³/mol. The van der Waals surface area contributed by atoms with Gasteiger partial charge in [-0.25, -0.2) is 4.98 Å². The number of rotatable bonds is 2. The number of anilines is 1. The first-order valence-electron chi connectivity index (χ1n) is 9.54. The molecule has 2 aromatic carbocycles. The zero-order chi connectivity index (χ0) is 21.0. The lowest BCUT2D eigenvalue weighted by molar-refractivity contribution is 0.0979. The van der Waals surface area contributed by atoms with Gasteiger partial charge in [-0.2, -0.15) is 0 Å². The second-order valence-corrected chi connectivity index (χ2v) is 7.35. The highest BCUT2D eigenvalue weighted by atomic mass is 16.2. The van der Waals surface area contributed by atoms with Gasteiger partial charge in [0.2, 0.25) is 0 Å². The zero-order valence-electron chi connectivity index (χ0n) is 16.4. The first kappa shape index (κ1) is 18.0. The van der Waals surface area contributed by atoms with E-state index in [2.05, 4.69) is 10.3 Å². The van der Waals surface area contributed by atoms with Gasteiger partial charge in [0.25, 0.3) is 5.91 Å². The molecule has 6 heteroatoms. The summed E-state index contributed by atoms with van der Waals surface area (Å²) >= 11 is 0. The number of fused-ring (bicyclic) bond motifs is 3. The molecule has 0 atom stereocenters. The number of nitrogens with one attached hydrogen (secondary N) is 1. The van der Waals surface area contributed by atoms with Gasteiger partial charge in [0, 0.05) is 34.1 Å². The van der Waals surface area contributed by atoms with E-state index in [0.717, 1.165) is 11.2 Å². The van der Waals surface area contributed by atoms with Gasteiger partial charge in [-0.1, -0.05) is 30.3 Å². The van der Waals surface area contributed by atoms with Crippen LogP contribution in [-0.2, 0) is 0 Å². The van der Waals surface area contributed by atoms with Crippen LogP contribution >= 0.6 is 0 Å². The summed E-state index contributed by atoms with van der Waals surface area (Å²) in [4.78, 5) is 43.2. The Morgan fingerprint density at radius 3 is 2.27 bits per heavy atom. The van der Waals surface area contributed by atoms with Crippen molar-refractivity contribution in [3.8, 4) is 0 Å². The van der Waals surface area contributed by atoms with E-state index in [1.54, 1.807) is 60.0 Å². The number of pyridine rings is 1. The Morgan fingerprint density at radius 2 is 1.53 bits per heavy atom. The second kappa shape index (κ2) is 6.49. The predicted octanol–water partition coefficient (Wildman–Crippen LogP) is 3.98. The molecule has 0 fully saturated rings. The molecule has 0 unspecified atom stereocenters. The van der Waals surface area contributed by atoms with Gasteiger partial charge >= 0.3 is 0 Å². The van der Waals surface area contributed by atoms with Crippen molar-refractivity contribution in [1.29, 1.82) is 0 Å². The lowest BCUT2D eigenvalue weighted by atomic mass is 9.84. The third-order valence-corrected chi connectivity index (χ3v) is 5.42. The lowest BCUT2D eigenvalue weighted by Crippen LogP contribution is -2.22. The Kier molecular flexibility index (Phi) is 3.89. The third-order valence-electron chi connectivity index (χ3n) is 5.42. The summed E-state index contributed by atoms with van der Waals surface area (Å²) in [5, 5.41) is 2.84. The molecule has 0 spiro atoms. The van der Waals surface area contributed by atoms with Crippen LogP contribution in [0.1, 0.15) is 53.6 Å². The summed E-state index contributed by atoms with van der Waals surface area (Å²) in [6.07, 6.45) is 1.79. The lowest BCUT2D eigenvalue weighted by Gasteiger charge is -2.18. The number of amides is 1. The molecule has 0 saturated carbocycles. The monoisotopic (exact) mass is 395 g/mol. The normalized spacial score (nSPS) is 12.6. The maximum atomic E-state index is 13.0. The van der Waals surface area contributed by atoms with Gasteiger partial charge in [-0.3, -0.25) is 18.8 Å². The molecule has 1 amide bonds. The van der Waals surface area contributed by atoms with Crippen LogP contribution in [0.2, 0.25) is 0 Å². The molecule has 30 heavy (non-hydrogen) atoms. The molecule has 1 aliphatic rings. The van der Waals surface area contributed by atoms with E-state index < -0.39 is 0 Å². The SMILES string of the molecule is Cc1nc2c(C)cccn2c1C(=O)Nc1ccc2c(c1)C(=O)c1ccccc1C2=O. The molecule has 2 heterocycles. The molecule has 5 rings (SSSR count). The van der Waals surface area contributed by atoms with E-state index in [0.29, 0.717) is 39.3 Å². The zero-order valence-corrected chi connectivity index (χ0v) is 16.4. The van der Waals surface area contributed by atoms with Crippen LogP contribution < -0.4 is 5.32 Å². The van der Waals surface area contributed by atoms with Crippen LogP contribution in [0.3, 0.4) is 0 Å². The van der Waals surface area contributed by atoms with Gasteiger partial charge < -0.3 is 5.32 Å². The highest BCUT2D eigenvalue weighted by Crippen LogP contribution is 2.29. The summed E-state index contributed by atoms with van der Waals surface area (Å²) < 4.78 is 1.75. The Bertz CT molecular complexity index is 1400. The number of imidazole rings is 1. The molecule has 2 aromatic heterocycles. The average molecular weight is 395 g/mol. The van der Waals surface area contributed by atoms with Crippen LogP contribution in [0.4, 0.5) is 5.69 Å². The Balaban J connectivity index is 1.53. The molecule has 146 valence electrons. The number of aryl methyl sites for hydroxylation is 2. The van der Waals surface area contributed by atoms with Crippen molar-refractivity contribution in [3.63, 3.8) is 0 Å². The Morgan fingerprint density at radius 1 is 0.867 bits per heavy atom. The first-order chi connectivity index (χ1) is 14.5. The Hall–Kier alpha value is -4.06. The Labute approximate surface area is 172 Å². The van der Waals surface area contributed by atoms with E-state index >= 15 is 0 Å². The van der Waals surface area contributed by atoms with Crippen LogP contribution in [0.5, 0.6) is 0 Å². The fourth-order valence-corrected chi connectivity index (χ4v) is 3.96. The minimum Gasteiger partial charge on any atom is -0.321 e. The summed E-state index contributed by atoms with van der Waals surface area (Å²) in [6, 6.07) is 15.4. The van der Waals surface area contributed by atoms with E-state index in [4.69, 9.17) is 0 Å². The largest absolute Gasteiger partial charge is 0.321 e. The van der Waals surface area contributed by atoms with Gasteiger partial charge in [-0.05, 0) is 43.7 Å². The van der Waals surface area contributed by atoms with E-state index in [-0.39, 0.29) is 17.5 Å². The molecule has 0 radical (unpaired) electrons. The van der Waals surface area contributed by atoms with Crippen LogP contribution in [0.25, 0.3) is 5.65 Å². The maximum Gasteiger partial charge on any atom is 0.274 e. The average Bonchev–Trinajstić information content (AvgIpc) is 3.09. The maximum absolute atomic E-state index is 13.0. The molecular weight excluding hydrogens is 378 g/mol. The van der Waals surface area contributed by atoms with Gasteiger partial charge in [0.15, 0.2) is 11.6 Å². The number of nitrogens with zero attached hydrogens (tertiary/aromatic N) is 2. The van der Waals surface area contributed by atoms with Crippen LogP contribution in [0.15, 0.2) is 60.8 Å². The number of hydrogen-bond donors (Lipinski definition) is 1. The summed E-state index contributed by atoms with van der Waals surface area (Å²) in [5.41, 5.74) is 4.61. The number of aromatic nitrogens is 2. The topological polar surface area (TPSA) is 80.5 Å². The summed E-state index contributed by atoms with van der Waals surface area (Å²) in [5.74, 6) is -0.746. The molecular formula is C24H17N3O3. The number of hydrogen-bond acceptors (Lipinski definition) is 4. The van der Waals surface area contributed by atoms with E-state index in [1.165, 1.54) is 0 Å². The quantitative estimate of drug-likeness (QED) is 0.490. The highest BCUT2D eigenvalue weighted by Gasteiger charge is 2.29. The highest BCUT2D eigenvalue weighted by molar-refractivity contribution is 6.28. The fraction of sp³-hybridized carbons (Fsp3) is 0.0833. The van der Waals surface area contributed by atoms with Crippen LogP contribution in [-0.4, -0.2) is 26.9 Å². The third kappa shape index (κ3) is 2.58. The van der Waals surface area contributed by atoms with Crippen molar-refractivity contribution < 1.29 is 14.4 Å². The minimum absolute atomic E-state index is 0.189. The second-order valence-electron chi connectivity index (χ2n) is 7.35. The minimum atomic E-state index is -0.333. The molecule has 0 bridgehead atoms. The summed E-state index contributed by atoms with van der Waals surface area (Å²) in [6.45, 7) is 3.72. The van der Waals surface area contributed by atoms with Crippen molar-refractivity contribution in [3.05, 3.63) is 100.0 Å². The van der Waals surface area contributed by atoms with E-state index in [9.17, 15) is 14.4 Å². The standard InChI is InChI=1S/C24H17N3O3/c1-13-6-5-11-27-20(14(2)25-23(13)27)24(30)26-15-9-10-18-19(12-15)22(29)17-8-4-3-7-16(17)21(18)28/h3-12H,1-2H3,(H,26,30). The van der Waals surface area contributed by atoms with E-state index in [1.807, 2.05) is 19.1 Å². The molecule has 0 saturated heterocycles. The number of benzene rings is 2. The molecule has 4 aromatic rings. The number of carbonyl (C=O) groups excluding carboxylic acids is 3.